The first-order chi connectivity index (χ1) is 38.0. The van der Waals surface area contributed by atoms with Crippen LogP contribution in [-0.4, -0.2) is 29.1 Å². The highest BCUT2D eigenvalue weighted by Gasteiger charge is 2.33. The van der Waals surface area contributed by atoms with Gasteiger partial charge in [0.25, 0.3) is 0 Å². The number of nitrogens with zero attached hydrogens (tertiary/aromatic N) is 6. The van der Waals surface area contributed by atoms with Crippen LogP contribution in [0.2, 0.25) is 0 Å². The Bertz CT molecular complexity index is 4520. The molecule has 0 unspecified atom stereocenters. The van der Waals surface area contributed by atoms with Gasteiger partial charge in [-0.15, -0.1) is 0 Å². The minimum absolute atomic E-state index is 0.0630. The Labute approximate surface area is 468 Å². The molecule has 0 aliphatic carbocycles. The molecule has 0 saturated carbocycles. The van der Waals surface area contributed by atoms with Crippen molar-refractivity contribution in [2.75, 3.05) is 0 Å². The first-order valence-corrected chi connectivity index (χ1v) is 29.9. The van der Waals surface area contributed by atoms with Crippen molar-refractivity contribution in [2.24, 2.45) is 0 Å². The molecule has 0 spiro atoms. The van der Waals surface area contributed by atoms with Crippen LogP contribution >= 0.6 is 0 Å². The highest BCUT2D eigenvalue weighted by molar-refractivity contribution is 6.50. The first kappa shape index (κ1) is 49.6. The van der Waals surface area contributed by atoms with Gasteiger partial charge in [-0.2, -0.15) is 0 Å². The van der Waals surface area contributed by atoms with Gasteiger partial charge in [0.2, 0.25) is 0 Å². The summed E-state index contributed by atoms with van der Waals surface area (Å²) < 4.78 is 5.12. The van der Waals surface area contributed by atoms with E-state index in [9.17, 15) is 0 Å². The van der Waals surface area contributed by atoms with E-state index in [0.29, 0.717) is 0 Å². The molecular weight excluding hydrogens is 973 g/mol. The van der Waals surface area contributed by atoms with Crippen LogP contribution < -0.4 is 0 Å². The lowest BCUT2D eigenvalue weighted by molar-refractivity contribution is 0.492. The summed E-state index contributed by atoms with van der Waals surface area (Å²) in [5.41, 5.74) is 13.2. The van der Waals surface area contributed by atoms with Gasteiger partial charge in [-0.05, 0) is 196 Å². The number of benzene rings is 9. The number of fused-ring (bicyclic) bond motifs is 10. The van der Waals surface area contributed by atoms with Crippen LogP contribution in [0.25, 0.3) is 152 Å². The first-order valence-electron chi connectivity index (χ1n) is 29.9. The Morgan fingerprint density at radius 1 is 0.275 bits per heavy atom. The van der Waals surface area contributed by atoms with Crippen LogP contribution in [0.4, 0.5) is 0 Å². The van der Waals surface area contributed by atoms with Crippen LogP contribution in [0.15, 0.2) is 97.1 Å². The fourth-order valence-electron chi connectivity index (χ4n) is 14.7. The Kier molecular flexibility index (Phi) is 10.0. The van der Waals surface area contributed by atoms with Gasteiger partial charge in [0.05, 0.1) is 22.1 Å². The summed E-state index contributed by atoms with van der Waals surface area (Å²) >= 11 is 0. The molecule has 15 aromatic rings. The minimum atomic E-state index is -0.0630. The molecule has 9 aromatic carbocycles. The average molecular weight is 1050 g/mol. The molecule has 80 heavy (non-hydrogen) atoms. The minimum Gasteiger partial charge on any atom is -0.307 e. The van der Waals surface area contributed by atoms with Gasteiger partial charge >= 0.3 is 0 Å². The largest absolute Gasteiger partial charge is 0.307 e. The maximum absolute atomic E-state index is 5.86. The predicted octanol–water partition coefficient (Wildman–Crippen LogP) is 21.2. The maximum Gasteiger partial charge on any atom is 0.143 e. The predicted molar refractivity (Wildman–Crippen MR) is 346 cm³/mol. The molecule has 6 heterocycles. The summed E-state index contributed by atoms with van der Waals surface area (Å²) in [5.74, 6) is 0. The summed E-state index contributed by atoms with van der Waals surface area (Å²) in [5, 5.41) is 25.0. The van der Waals surface area contributed by atoms with Crippen LogP contribution in [0.5, 0.6) is 0 Å². The van der Waals surface area contributed by atoms with Crippen LogP contribution in [0, 0.1) is 0 Å². The van der Waals surface area contributed by atoms with Crippen molar-refractivity contribution in [1.82, 2.24) is 29.1 Å². The molecular formula is C74H74N6. The zero-order chi connectivity index (χ0) is 55.8. The number of rotatable bonds is 6. The maximum atomic E-state index is 5.86. The SMILES string of the molecule is CCC(CC)n1c2nc3ccc(C(C)(C)C)cc3c3cc4c5cc6c7cc(C(C)(C)C)ccc7nc7c6c6c5c(cc5c8cc(C(C)(C)C)ccc8nc(c56)n7C(CC)CC)c5cc6c7cc(C(C)(C)C)ccc7nc1c6c(c45)c32. The number of pyridine rings is 6. The molecule has 0 bridgehead atoms. The van der Waals surface area contributed by atoms with Gasteiger partial charge < -0.3 is 9.13 Å². The van der Waals surface area contributed by atoms with Crippen LogP contribution in [0.3, 0.4) is 0 Å². The summed E-state index contributed by atoms with van der Waals surface area (Å²) in [6, 6.07) is 39.1. The summed E-state index contributed by atoms with van der Waals surface area (Å²) in [7, 11) is 0. The van der Waals surface area contributed by atoms with Crippen molar-refractivity contribution in [1.29, 1.82) is 0 Å². The molecule has 0 aliphatic rings. The summed E-state index contributed by atoms with van der Waals surface area (Å²) in [6.45, 7) is 37.3. The van der Waals surface area contributed by atoms with Gasteiger partial charge in [0.1, 0.15) is 22.6 Å². The lowest BCUT2D eigenvalue weighted by atomic mass is 9.80. The van der Waals surface area contributed by atoms with Crippen molar-refractivity contribution in [3.63, 3.8) is 0 Å². The van der Waals surface area contributed by atoms with E-state index in [2.05, 4.69) is 217 Å². The van der Waals surface area contributed by atoms with Gasteiger partial charge in [-0.25, -0.2) is 19.9 Å². The zero-order valence-corrected chi connectivity index (χ0v) is 49.9. The molecule has 6 heteroatoms. The Hall–Kier alpha value is -7.44. The second kappa shape index (κ2) is 16.1. The fraction of sp³-hybridized carbons (Fsp3) is 0.351. The van der Waals surface area contributed by atoms with E-state index in [0.717, 1.165) is 70.3 Å². The van der Waals surface area contributed by atoms with E-state index < -0.39 is 0 Å². The highest BCUT2D eigenvalue weighted by Crippen LogP contribution is 2.56. The van der Waals surface area contributed by atoms with Gasteiger partial charge in [-0.1, -0.05) is 135 Å². The quantitative estimate of drug-likeness (QED) is 0.123. The number of hydrogen-bond donors (Lipinski definition) is 0. The molecule has 6 nitrogen and oxygen atoms in total. The van der Waals surface area contributed by atoms with Gasteiger partial charge in [0, 0.05) is 65.9 Å². The van der Waals surface area contributed by atoms with Gasteiger partial charge in [-0.3, -0.25) is 0 Å². The summed E-state index contributed by atoms with van der Waals surface area (Å²) in [4.78, 5) is 23.4. The molecule has 15 rings (SSSR count). The summed E-state index contributed by atoms with van der Waals surface area (Å²) in [6.07, 6.45) is 3.86. The molecule has 0 atom stereocenters. The van der Waals surface area contributed by atoms with E-state index >= 15 is 0 Å². The van der Waals surface area contributed by atoms with Crippen molar-refractivity contribution in [2.45, 2.75) is 170 Å². The fourth-order valence-corrected chi connectivity index (χ4v) is 14.7. The monoisotopic (exact) mass is 1050 g/mol. The molecule has 0 fully saturated rings. The third-order valence-electron chi connectivity index (χ3n) is 19.3. The Morgan fingerprint density at radius 2 is 0.487 bits per heavy atom. The van der Waals surface area contributed by atoms with E-state index in [1.165, 1.54) is 130 Å². The van der Waals surface area contributed by atoms with Crippen molar-refractivity contribution in [3.8, 4) is 0 Å². The number of aromatic nitrogens is 6. The number of hydrogen-bond acceptors (Lipinski definition) is 4. The Morgan fingerprint density at radius 3 is 0.688 bits per heavy atom. The molecule has 0 radical (unpaired) electrons. The molecule has 0 amide bonds. The lowest BCUT2D eigenvalue weighted by Gasteiger charge is -2.29. The third kappa shape index (κ3) is 6.54. The highest BCUT2D eigenvalue weighted by atomic mass is 15.1. The second-order valence-electron chi connectivity index (χ2n) is 28.2. The molecule has 0 saturated heterocycles. The lowest BCUT2D eigenvalue weighted by Crippen LogP contribution is -2.15. The standard InChI is InChI=1S/C74H74N6/c1-17-41(18-2)79-67-61-47(43-29-37(71(5,6)7)21-25-55(43)75-67)33-51-53-35-49-45-31-39(73(11,12)13)23-27-57(45)77-69-63(49)66-60(53)54(52-34-48-44-30-38(72(8,9)10)22-26-56(44)76-68(79)62(48)65(61)59(51)52)36-50-46-32-40(74(14,15)16)24-28-58(46)78-70(64(50)66)80(69)42(19-3)20-4/h21-36,41-42H,17-20H2,1-16H3. The smallest absolute Gasteiger partial charge is 0.143 e. The third-order valence-corrected chi connectivity index (χ3v) is 19.3. The van der Waals surface area contributed by atoms with E-state index in [1.54, 1.807) is 0 Å². The van der Waals surface area contributed by atoms with Crippen molar-refractivity contribution in [3.05, 3.63) is 119 Å². The topological polar surface area (TPSA) is 61.4 Å². The van der Waals surface area contributed by atoms with Crippen molar-refractivity contribution >= 4 is 152 Å². The van der Waals surface area contributed by atoms with Crippen LogP contribution in [0.1, 0.15) is 171 Å². The normalized spacial score (nSPS) is 13.9. The van der Waals surface area contributed by atoms with E-state index in [-0.39, 0.29) is 33.7 Å². The van der Waals surface area contributed by atoms with E-state index in [1.807, 2.05) is 0 Å². The van der Waals surface area contributed by atoms with Crippen molar-refractivity contribution < 1.29 is 0 Å². The van der Waals surface area contributed by atoms with Gasteiger partial charge in [0.15, 0.2) is 0 Å². The van der Waals surface area contributed by atoms with E-state index in [4.69, 9.17) is 19.9 Å². The average Bonchev–Trinajstić information content (AvgIpc) is 3.53. The van der Waals surface area contributed by atoms with Crippen LogP contribution in [-0.2, 0) is 21.7 Å². The molecule has 6 aromatic heterocycles. The zero-order valence-electron chi connectivity index (χ0n) is 49.9. The second-order valence-corrected chi connectivity index (χ2v) is 28.2. The molecule has 0 aliphatic heterocycles. The molecule has 0 N–H and O–H groups in total. The molecule has 400 valence electrons. The Balaban J connectivity index is 1.31.